The third kappa shape index (κ3) is 3.49. The minimum absolute atomic E-state index is 0.0800. The van der Waals surface area contributed by atoms with E-state index in [2.05, 4.69) is 10.3 Å². The van der Waals surface area contributed by atoms with E-state index in [1.807, 2.05) is 0 Å². The van der Waals surface area contributed by atoms with Crippen LogP contribution in [-0.4, -0.2) is 43.1 Å². The van der Waals surface area contributed by atoms with Crippen LogP contribution in [0, 0.1) is 0 Å². The van der Waals surface area contributed by atoms with Gasteiger partial charge in [-0.15, -0.1) is 0 Å². The van der Waals surface area contributed by atoms with Gasteiger partial charge in [-0.05, 0) is 12.1 Å². The Morgan fingerprint density at radius 3 is 3.00 bits per heavy atom. The molecule has 0 bridgehead atoms. The number of carbonyl (C=O) groups is 2. The summed E-state index contributed by atoms with van der Waals surface area (Å²) in [4.78, 5) is 28.7. The Morgan fingerprint density at radius 1 is 1.53 bits per heavy atom. The van der Waals surface area contributed by atoms with Crippen LogP contribution in [0.3, 0.4) is 0 Å². The van der Waals surface area contributed by atoms with E-state index in [-0.39, 0.29) is 24.8 Å². The first kappa shape index (κ1) is 13.4. The van der Waals surface area contributed by atoms with Crippen molar-refractivity contribution in [1.29, 1.82) is 0 Å². The zero-order chi connectivity index (χ0) is 13.7. The second-order valence-electron chi connectivity index (χ2n) is 4.09. The third-order valence-electron chi connectivity index (χ3n) is 2.67. The van der Waals surface area contributed by atoms with E-state index < -0.39 is 0 Å². The second kappa shape index (κ2) is 6.26. The highest BCUT2D eigenvalue weighted by atomic mass is 16.5. The number of anilines is 2. The average Bonchev–Trinajstić information content (AvgIpc) is 2.41. The van der Waals surface area contributed by atoms with Crippen LogP contribution in [-0.2, 0) is 14.3 Å². The Morgan fingerprint density at radius 2 is 2.37 bits per heavy atom. The van der Waals surface area contributed by atoms with Crippen molar-refractivity contribution in [3.63, 3.8) is 0 Å². The summed E-state index contributed by atoms with van der Waals surface area (Å²) in [5, 5.41) is 2.67. The average molecular weight is 264 g/mol. The largest absolute Gasteiger partial charge is 0.370 e. The number of amides is 2. The zero-order valence-corrected chi connectivity index (χ0v) is 10.5. The van der Waals surface area contributed by atoms with Crippen LogP contribution in [0.5, 0.6) is 0 Å². The summed E-state index contributed by atoms with van der Waals surface area (Å²) < 4.78 is 5.05. The SMILES string of the molecule is NCCC(=O)Nc1ccc(N2CCOCC2=O)nc1. The molecular formula is C12H16N4O3. The lowest BCUT2D eigenvalue weighted by atomic mass is 10.3. The van der Waals surface area contributed by atoms with Crippen molar-refractivity contribution < 1.29 is 14.3 Å². The van der Waals surface area contributed by atoms with Crippen molar-refractivity contribution in [2.75, 3.05) is 36.5 Å². The molecule has 7 heteroatoms. The Bertz CT molecular complexity index is 461. The van der Waals surface area contributed by atoms with Crippen molar-refractivity contribution in [3.05, 3.63) is 18.3 Å². The molecule has 2 rings (SSSR count). The van der Waals surface area contributed by atoms with Crippen LogP contribution in [0.25, 0.3) is 0 Å². The molecule has 3 N–H and O–H groups in total. The summed E-state index contributed by atoms with van der Waals surface area (Å²) in [6.07, 6.45) is 1.79. The van der Waals surface area contributed by atoms with Gasteiger partial charge in [-0.3, -0.25) is 14.5 Å². The Kier molecular flexibility index (Phi) is 4.43. The summed E-state index contributed by atoms with van der Waals surface area (Å²) in [6, 6.07) is 3.40. The number of nitrogens with zero attached hydrogens (tertiary/aromatic N) is 2. The zero-order valence-electron chi connectivity index (χ0n) is 10.5. The van der Waals surface area contributed by atoms with Crippen molar-refractivity contribution in [2.45, 2.75) is 6.42 Å². The second-order valence-corrected chi connectivity index (χ2v) is 4.09. The smallest absolute Gasteiger partial charge is 0.254 e. The van der Waals surface area contributed by atoms with E-state index in [4.69, 9.17) is 10.5 Å². The van der Waals surface area contributed by atoms with Gasteiger partial charge in [0.15, 0.2) is 0 Å². The molecular weight excluding hydrogens is 248 g/mol. The molecule has 2 amide bonds. The van der Waals surface area contributed by atoms with Crippen molar-refractivity contribution in [2.24, 2.45) is 5.73 Å². The number of morpholine rings is 1. The first-order valence-electron chi connectivity index (χ1n) is 6.05. The van der Waals surface area contributed by atoms with Crippen LogP contribution >= 0.6 is 0 Å². The molecule has 2 heterocycles. The Balaban J connectivity index is 2.01. The normalized spacial score (nSPS) is 15.4. The molecule has 0 aliphatic carbocycles. The molecule has 0 unspecified atom stereocenters. The maximum Gasteiger partial charge on any atom is 0.254 e. The standard InChI is InChI=1S/C12H16N4O3/c13-4-3-11(17)15-9-1-2-10(14-7-9)16-5-6-19-8-12(16)18/h1-2,7H,3-6,8,13H2,(H,15,17). The molecule has 0 atom stereocenters. The number of aromatic nitrogens is 1. The van der Waals surface area contributed by atoms with Crippen LogP contribution in [0.4, 0.5) is 11.5 Å². The molecule has 1 aromatic rings. The van der Waals surface area contributed by atoms with Crippen LogP contribution < -0.4 is 16.0 Å². The predicted molar refractivity (Wildman–Crippen MR) is 69.7 cm³/mol. The molecule has 1 aromatic heterocycles. The number of ether oxygens (including phenoxy) is 1. The van der Waals surface area contributed by atoms with E-state index in [1.165, 1.54) is 6.20 Å². The number of nitrogens with one attached hydrogen (secondary N) is 1. The fourth-order valence-corrected chi connectivity index (χ4v) is 1.73. The van der Waals surface area contributed by atoms with E-state index in [0.29, 0.717) is 31.2 Å². The predicted octanol–water partition coefficient (Wildman–Crippen LogP) is -0.268. The number of hydrogen-bond acceptors (Lipinski definition) is 5. The molecule has 0 spiro atoms. The Hall–Kier alpha value is -1.99. The van der Waals surface area contributed by atoms with Gasteiger partial charge in [0.1, 0.15) is 12.4 Å². The molecule has 0 aromatic carbocycles. The molecule has 19 heavy (non-hydrogen) atoms. The molecule has 1 fully saturated rings. The van der Waals surface area contributed by atoms with Crippen LogP contribution in [0.2, 0.25) is 0 Å². The summed E-state index contributed by atoms with van der Waals surface area (Å²) >= 11 is 0. The molecule has 7 nitrogen and oxygen atoms in total. The molecule has 1 saturated heterocycles. The minimum atomic E-state index is -0.153. The fourth-order valence-electron chi connectivity index (χ4n) is 1.73. The van der Waals surface area contributed by atoms with Gasteiger partial charge in [-0.2, -0.15) is 0 Å². The van der Waals surface area contributed by atoms with Gasteiger partial charge in [0.25, 0.3) is 5.91 Å². The first-order valence-corrected chi connectivity index (χ1v) is 6.05. The molecule has 102 valence electrons. The molecule has 0 radical (unpaired) electrons. The number of pyridine rings is 1. The van der Waals surface area contributed by atoms with Gasteiger partial charge in [-0.25, -0.2) is 4.98 Å². The third-order valence-corrected chi connectivity index (χ3v) is 2.67. The van der Waals surface area contributed by atoms with Crippen molar-refractivity contribution in [1.82, 2.24) is 4.98 Å². The number of carbonyl (C=O) groups excluding carboxylic acids is 2. The van der Waals surface area contributed by atoms with Crippen LogP contribution in [0.15, 0.2) is 18.3 Å². The quantitative estimate of drug-likeness (QED) is 0.780. The first-order chi connectivity index (χ1) is 9.20. The van der Waals surface area contributed by atoms with Gasteiger partial charge < -0.3 is 15.8 Å². The van der Waals surface area contributed by atoms with Gasteiger partial charge in [0.2, 0.25) is 5.91 Å². The summed E-state index contributed by atoms with van der Waals surface area (Å²) in [7, 11) is 0. The van der Waals surface area contributed by atoms with Gasteiger partial charge in [0.05, 0.1) is 25.0 Å². The van der Waals surface area contributed by atoms with Crippen molar-refractivity contribution in [3.8, 4) is 0 Å². The maximum atomic E-state index is 11.6. The van der Waals surface area contributed by atoms with Gasteiger partial charge >= 0.3 is 0 Å². The van der Waals surface area contributed by atoms with Gasteiger partial charge in [0, 0.05) is 13.0 Å². The van der Waals surface area contributed by atoms with E-state index >= 15 is 0 Å². The van der Waals surface area contributed by atoms with Gasteiger partial charge in [-0.1, -0.05) is 0 Å². The highest BCUT2D eigenvalue weighted by molar-refractivity contribution is 5.94. The number of rotatable bonds is 4. The summed E-state index contributed by atoms with van der Waals surface area (Å²) in [5.74, 6) is 0.295. The van der Waals surface area contributed by atoms with E-state index in [0.717, 1.165) is 0 Å². The minimum Gasteiger partial charge on any atom is -0.370 e. The molecule has 1 aliphatic heterocycles. The molecule has 0 saturated carbocycles. The fraction of sp³-hybridized carbons (Fsp3) is 0.417. The van der Waals surface area contributed by atoms with Crippen molar-refractivity contribution >= 4 is 23.3 Å². The number of hydrogen-bond donors (Lipinski definition) is 2. The lowest BCUT2D eigenvalue weighted by Gasteiger charge is -2.25. The monoisotopic (exact) mass is 264 g/mol. The topological polar surface area (TPSA) is 97.5 Å². The summed E-state index contributed by atoms with van der Waals surface area (Å²) in [5.41, 5.74) is 5.87. The maximum absolute atomic E-state index is 11.6. The van der Waals surface area contributed by atoms with Crippen LogP contribution in [0.1, 0.15) is 6.42 Å². The van der Waals surface area contributed by atoms with E-state index in [1.54, 1.807) is 17.0 Å². The number of nitrogens with two attached hydrogens (primary N) is 1. The Labute approximate surface area is 110 Å². The highest BCUT2D eigenvalue weighted by Crippen LogP contribution is 2.16. The highest BCUT2D eigenvalue weighted by Gasteiger charge is 2.20. The molecule has 1 aliphatic rings. The summed E-state index contributed by atoms with van der Waals surface area (Å²) in [6.45, 7) is 1.38. The lowest BCUT2D eigenvalue weighted by molar-refractivity contribution is -0.125. The lowest BCUT2D eigenvalue weighted by Crippen LogP contribution is -2.42. The van der Waals surface area contributed by atoms with E-state index in [9.17, 15) is 9.59 Å².